The van der Waals surface area contributed by atoms with Crippen molar-refractivity contribution in [3.63, 3.8) is 0 Å². The first kappa shape index (κ1) is 13.8. The fourth-order valence-corrected chi connectivity index (χ4v) is 2.24. The molecule has 0 fully saturated rings. The second kappa shape index (κ2) is 5.59. The highest BCUT2D eigenvalue weighted by atomic mass is 35.5. The topological polar surface area (TPSA) is 38.0 Å². The van der Waals surface area contributed by atoms with Crippen LogP contribution in [0.1, 0.15) is 16.7 Å². The number of nitrogens with one attached hydrogen (secondary N) is 1. The molecule has 2 rings (SSSR count). The third-order valence-corrected chi connectivity index (χ3v) is 3.45. The van der Waals surface area contributed by atoms with Crippen molar-refractivity contribution < 1.29 is 0 Å². The predicted octanol–water partition coefficient (Wildman–Crippen LogP) is 4.33. The maximum atomic E-state index is 6.03. The van der Waals surface area contributed by atoms with Crippen molar-refractivity contribution in [3.05, 3.63) is 58.1 Å². The molecule has 0 unspecified atom stereocenters. The van der Waals surface area contributed by atoms with E-state index in [2.05, 4.69) is 5.32 Å². The molecule has 0 saturated carbocycles. The van der Waals surface area contributed by atoms with E-state index in [1.54, 1.807) is 0 Å². The largest absolute Gasteiger partial charge is 0.389 e. The molecule has 0 aliphatic rings. The van der Waals surface area contributed by atoms with Gasteiger partial charge in [0.2, 0.25) is 0 Å². The maximum Gasteiger partial charge on any atom is 0.106 e. The highest BCUT2D eigenvalue weighted by Crippen LogP contribution is 2.28. The fraction of sp³-hybridized carbons (Fsp3) is 0.133. The maximum absolute atomic E-state index is 6.03. The molecular formula is C15H15ClN2S. The number of halogens is 1. The molecule has 0 radical (unpaired) electrons. The summed E-state index contributed by atoms with van der Waals surface area (Å²) in [5.74, 6) is 0. The van der Waals surface area contributed by atoms with Crippen LogP contribution in [0.2, 0.25) is 5.02 Å². The lowest BCUT2D eigenvalue weighted by atomic mass is 10.1. The number of hydrogen-bond donors (Lipinski definition) is 2. The van der Waals surface area contributed by atoms with Gasteiger partial charge in [-0.15, -0.1) is 0 Å². The van der Waals surface area contributed by atoms with Crippen LogP contribution in [0.4, 0.5) is 11.4 Å². The Bertz CT molecular complexity index is 638. The average Bonchev–Trinajstić information content (AvgIpc) is 2.35. The lowest BCUT2D eigenvalue weighted by Gasteiger charge is -2.16. The van der Waals surface area contributed by atoms with Crippen molar-refractivity contribution in [2.75, 3.05) is 5.32 Å². The molecule has 0 saturated heterocycles. The van der Waals surface area contributed by atoms with E-state index in [1.165, 1.54) is 0 Å². The van der Waals surface area contributed by atoms with Crippen LogP contribution in [-0.4, -0.2) is 4.99 Å². The molecule has 0 amide bonds. The summed E-state index contributed by atoms with van der Waals surface area (Å²) >= 11 is 11.1. The zero-order valence-electron chi connectivity index (χ0n) is 10.8. The van der Waals surface area contributed by atoms with Crippen LogP contribution < -0.4 is 11.1 Å². The zero-order valence-corrected chi connectivity index (χ0v) is 12.4. The van der Waals surface area contributed by atoms with E-state index in [0.29, 0.717) is 10.0 Å². The Labute approximate surface area is 123 Å². The average molecular weight is 291 g/mol. The first-order chi connectivity index (χ1) is 8.99. The molecule has 3 N–H and O–H groups in total. The van der Waals surface area contributed by atoms with Gasteiger partial charge in [0.05, 0.1) is 5.69 Å². The zero-order chi connectivity index (χ0) is 14.0. The third kappa shape index (κ3) is 3.06. The number of aryl methyl sites for hydroxylation is 2. The van der Waals surface area contributed by atoms with E-state index < -0.39 is 0 Å². The molecule has 0 bridgehead atoms. The summed E-state index contributed by atoms with van der Waals surface area (Å²) in [6.07, 6.45) is 0. The summed E-state index contributed by atoms with van der Waals surface area (Å²) in [4.78, 5) is 0.380. The number of hydrogen-bond acceptors (Lipinski definition) is 2. The van der Waals surface area contributed by atoms with Gasteiger partial charge in [-0.25, -0.2) is 0 Å². The molecule has 98 valence electrons. The normalized spacial score (nSPS) is 10.3. The summed E-state index contributed by atoms with van der Waals surface area (Å²) < 4.78 is 0. The SMILES string of the molecule is Cc1ccc(Cl)cc1Nc1c(C)cccc1C(N)=S. The van der Waals surface area contributed by atoms with Gasteiger partial charge >= 0.3 is 0 Å². The number of anilines is 2. The smallest absolute Gasteiger partial charge is 0.106 e. The summed E-state index contributed by atoms with van der Waals surface area (Å²) in [7, 11) is 0. The van der Waals surface area contributed by atoms with Crippen molar-refractivity contribution in [1.29, 1.82) is 0 Å². The molecule has 0 heterocycles. The molecule has 2 nitrogen and oxygen atoms in total. The van der Waals surface area contributed by atoms with Crippen LogP contribution in [0.15, 0.2) is 36.4 Å². The molecule has 0 aromatic heterocycles. The van der Waals surface area contributed by atoms with Crippen LogP contribution >= 0.6 is 23.8 Å². The van der Waals surface area contributed by atoms with Gasteiger partial charge in [0.1, 0.15) is 4.99 Å². The van der Waals surface area contributed by atoms with Gasteiger partial charge in [0.15, 0.2) is 0 Å². The molecule has 0 aliphatic carbocycles. The second-order valence-electron chi connectivity index (χ2n) is 4.45. The number of nitrogens with two attached hydrogens (primary N) is 1. The Kier molecular flexibility index (Phi) is 4.08. The van der Waals surface area contributed by atoms with E-state index >= 15 is 0 Å². The summed E-state index contributed by atoms with van der Waals surface area (Å²) in [6, 6.07) is 11.6. The molecular weight excluding hydrogens is 276 g/mol. The first-order valence-electron chi connectivity index (χ1n) is 5.91. The molecule has 19 heavy (non-hydrogen) atoms. The number of benzene rings is 2. The van der Waals surface area contributed by atoms with Crippen LogP contribution in [0.25, 0.3) is 0 Å². The van der Waals surface area contributed by atoms with Crippen LogP contribution in [0.3, 0.4) is 0 Å². The van der Waals surface area contributed by atoms with Gasteiger partial charge in [-0.2, -0.15) is 0 Å². The van der Waals surface area contributed by atoms with Gasteiger partial charge in [-0.1, -0.05) is 42.0 Å². The van der Waals surface area contributed by atoms with Gasteiger partial charge in [-0.3, -0.25) is 0 Å². The van der Waals surface area contributed by atoms with Crippen LogP contribution in [-0.2, 0) is 0 Å². The lowest BCUT2D eigenvalue weighted by molar-refractivity contribution is 1.38. The second-order valence-corrected chi connectivity index (χ2v) is 5.32. The molecule has 4 heteroatoms. The predicted molar refractivity (Wildman–Crippen MR) is 86.5 cm³/mol. The minimum Gasteiger partial charge on any atom is -0.389 e. The van der Waals surface area contributed by atoms with Crippen molar-refractivity contribution in [3.8, 4) is 0 Å². The Hall–Kier alpha value is -1.58. The van der Waals surface area contributed by atoms with Gasteiger partial charge in [0.25, 0.3) is 0 Å². The third-order valence-electron chi connectivity index (χ3n) is 3.00. The van der Waals surface area contributed by atoms with E-state index in [1.807, 2.05) is 50.2 Å². The monoisotopic (exact) mass is 290 g/mol. The standard InChI is InChI=1S/C15H15ClN2S/c1-9-6-7-11(16)8-13(9)18-14-10(2)4-3-5-12(14)15(17)19/h3-8,18H,1-2H3,(H2,17,19). The number of para-hydroxylation sites is 1. The minimum atomic E-state index is 0.380. The van der Waals surface area contributed by atoms with Crippen molar-refractivity contribution in [2.24, 2.45) is 5.73 Å². The van der Waals surface area contributed by atoms with Crippen molar-refractivity contribution in [1.82, 2.24) is 0 Å². The van der Waals surface area contributed by atoms with Gasteiger partial charge in [0, 0.05) is 16.3 Å². The minimum absolute atomic E-state index is 0.380. The number of thiocarbonyl (C=S) groups is 1. The summed E-state index contributed by atoms with van der Waals surface area (Å²) in [6.45, 7) is 4.04. The van der Waals surface area contributed by atoms with E-state index in [9.17, 15) is 0 Å². The molecule has 2 aromatic rings. The Morgan fingerprint density at radius 2 is 1.89 bits per heavy atom. The molecule has 0 atom stereocenters. The van der Waals surface area contributed by atoms with E-state index in [0.717, 1.165) is 28.1 Å². The van der Waals surface area contributed by atoms with E-state index in [-0.39, 0.29) is 0 Å². The number of rotatable bonds is 3. The van der Waals surface area contributed by atoms with Gasteiger partial charge in [-0.05, 0) is 43.2 Å². The van der Waals surface area contributed by atoms with E-state index in [4.69, 9.17) is 29.6 Å². The molecule has 2 aromatic carbocycles. The Balaban J connectivity index is 2.49. The van der Waals surface area contributed by atoms with Crippen LogP contribution in [0, 0.1) is 13.8 Å². The van der Waals surface area contributed by atoms with Gasteiger partial charge < -0.3 is 11.1 Å². The summed E-state index contributed by atoms with van der Waals surface area (Å²) in [5.41, 5.74) is 10.7. The quantitative estimate of drug-likeness (QED) is 0.826. The molecule has 0 spiro atoms. The first-order valence-corrected chi connectivity index (χ1v) is 6.70. The van der Waals surface area contributed by atoms with Crippen molar-refractivity contribution >= 4 is 40.2 Å². The highest BCUT2D eigenvalue weighted by Gasteiger charge is 2.09. The highest BCUT2D eigenvalue weighted by molar-refractivity contribution is 7.80. The van der Waals surface area contributed by atoms with Crippen molar-refractivity contribution in [2.45, 2.75) is 13.8 Å². The Morgan fingerprint density at radius 1 is 1.16 bits per heavy atom. The van der Waals surface area contributed by atoms with Crippen LogP contribution in [0.5, 0.6) is 0 Å². The molecule has 0 aliphatic heterocycles. The lowest BCUT2D eigenvalue weighted by Crippen LogP contribution is -2.12. The Morgan fingerprint density at radius 3 is 2.58 bits per heavy atom. The fourth-order valence-electron chi connectivity index (χ4n) is 1.90. The summed E-state index contributed by atoms with van der Waals surface area (Å²) in [5, 5.41) is 4.07.